The van der Waals surface area contributed by atoms with E-state index in [0.717, 1.165) is 18.9 Å². The van der Waals surface area contributed by atoms with Crippen LogP contribution in [0.25, 0.3) is 0 Å². The zero-order chi connectivity index (χ0) is 8.39. The van der Waals surface area contributed by atoms with Crippen LogP contribution >= 0.6 is 0 Å². The number of hydrogen-bond donors (Lipinski definition) is 0. The molecule has 1 aliphatic heterocycles. The van der Waals surface area contributed by atoms with Crippen LogP contribution in [0.4, 0.5) is 5.95 Å². The molecule has 3 nitrogen and oxygen atoms in total. The molecule has 0 bridgehead atoms. The number of hydrogen-bond acceptors (Lipinski definition) is 3. The topological polar surface area (TPSA) is 29.0 Å². The molecule has 0 radical (unpaired) electrons. The van der Waals surface area contributed by atoms with Crippen molar-refractivity contribution < 1.29 is 0 Å². The molecule has 1 aliphatic rings. The number of nitrogens with zero attached hydrogens (tertiary/aromatic N) is 3. The molecule has 0 N–H and O–H groups in total. The smallest absolute Gasteiger partial charge is 0.229 e. The minimum atomic E-state index is 0.809. The summed E-state index contributed by atoms with van der Waals surface area (Å²) in [4.78, 5) is 10.5. The Morgan fingerprint density at radius 3 is 2.67 bits per heavy atom. The maximum Gasteiger partial charge on any atom is 0.229 e. The van der Waals surface area contributed by atoms with Crippen LogP contribution in [0.15, 0.2) is 30.2 Å². The lowest BCUT2D eigenvalue weighted by molar-refractivity contribution is 0.907. The lowest BCUT2D eigenvalue weighted by Gasteiger charge is -2.16. The van der Waals surface area contributed by atoms with E-state index < -0.39 is 0 Å². The highest BCUT2D eigenvalue weighted by Crippen LogP contribution is 2.18. The lowest BCUT2D eigenvalue weighted by atomic mass is 10.4. The van der Waals surface area contributed by atoms with Crippen molar-refractivity contribution in [1.82, 2.24) is 9.97 Å². The molecule has 3 heteroatoms. The van der Waals surface area contributed by atoms with E-state index in [-0.39, 0.29) is 0 Å². The van der Waals surface area contributed by atoms with E-state index in [1.54, 1.807) is 12.4 Å². The molecule has 1 aromatic heterocycles. The van der Waals surface area contributed by atoms with Gasteiger partial charge in [-0.3, -0.25) is 0 Å². The van der Waals surface area contributed by atoms with Crippen molar-refractivity contribution in [2.24, 2.45) is 0 Å². The van der Waals surface area contributed by atoms with E-state index >= 15 is 0 Å². The molecule has 0 aromatic carbocycles. The fourth-order valence-corrected chi connectivity index (χ4v) is 1.38. The predicted molar refractivity (Wildman–Crippen MR) is 47.8 cm³/mol. The minimum Gasteiger partial charge on any atom is -0.315 e. The Hall–Kier alpha value is -1.38. The SMILES string of the molecule is CC1=CCCN1c1ncccn1. The molecular formula is C9H11N3. The first-order chi connectivity index (χ1) is 5.88. The highest BCUT2D eigenvalue weighted by Gasteiger charge is 2.14. The van der Waals surface area contributed by atoms with Crippen LogP contribution in [0, 0.1) is 0 Å². The Morgan fingerprint density at radius 1 is 1.33 bits per heavy atom. The Kier molecular flexibility index (Phi) is 1.78. The molecule has 0 amide bonds. The molecule has 2 rings (SSSR count). The van der Waals surface area contributed by atoms with Gasteiger partial charge in [0.05, 0.1) is 0 Å². The van der Waals surface area contributed by atoms with Crippen LogP contribution < -0.4 is 4.90 Å². The van der Waals surface area contributed by atoms with Gasteiger partial charge < -0.3 is 4.90 Å². The summed E-state index contributed by atoms with van der Waals surface area (Å²) in [6.45, 7) is 3.10. The van der Waals surface area contributed by atoms with Crippen LogP contribution in [-0.4, -0.2) is 16.5 Å². The maximum absolute atomic E-state index is 4.19. The van der Waals surface area contributed by atoms with Gasteiger partial charge in [-0.15, -0.1) is 0 Å². The quantitative estimate of drug-likeness (QED) is 0.626. The van der Waals surface area contributed by atoms with E-state index in [9.17, 15) is 0 Å². The molecule has 12 heavy (non-hydrogen) atoms. The van der Waals surface area contributed by atoms with Crippen molar-refractivity contribution in [3.8, 4) is 0 Å². The van der Waals surface area contributed by atoms with Gasteiger partial charge in [-0.25, -0.2) is 9.97 Å². The Bertz CT molecular complexity index is 292. The summed E-state index contributed by atoms with van der Waals surface area (Å²) in [7, 11) is 0. The first-order valence-electron chi connectivity index (χ1n) is 4.09. The first-order valence-corrected chi connectivity index (χ1v) is 4.09. The Balaban J connectivity index is 2.27. The normalized spacial score (nSPS) is 16.4. The van der Waals surface area contributed by atoms with Gasteiger partial charge in [0.2, 0.25) is 5.95 Å². The van der Waals surface area contributed by atoms with E-state index in [2.05, 4.69) is 27.9 Å². The summed E-state index contributed by atoms with van der Waals surface area (Å²) in [6, 6.07) is 1.83. The average molecular weight is 161 g/mol. The van der Waals surface area contributed by atoms with Gasteiger partial charge >= 0.3 is 0 Å². The molecule has 0 atom stereocenters. The monoisotopic (exact) mass is 161 g/mol. The van der Waals surface area contributed by atoms with Crippen LogP contribution in [-0.2, 0) is 0 Å². The van der Waals surface area contributed by atoms with E-state index in [4.69, 9.17) is 0 Å². The molecule has 0 saturated heterocycles. The second kappa shape index (κ2) is 2.93. The van der Waals surface area contributed by atoms with Crippen LogP contribution in [0.3, 0.4) is 0 Å². The summed E-state index contributed by atoms with van der Waals surface area (Å²) >= 11 is 0. The Morgan fingerprint density at radius 2 is 2.08 bits per heavy atom. The van der Waals surface area contributed by atoms with E-state index in [1.807, 2.05) is 6.07 Å². The molecule has 0 spiro atoms. The summed E-state index contributed by atoms with van der Waals surface area (Å²) < 4.78 is 0. The second-order valence-electron chi connectivity index (χ2n) is 2.83. The number of anilines is 1. The van der Waals surface area contributed by atoms with Crippen molar-refractivity contribution in [2.75, 3.05) is 11.4 Å². The van der Waals surface area contributed by atoms with Gasteiger partial charge in [-0.2, -0.15) is 0 Å². The van der Waals surface area contributed by atoms with Gasteiger partial charge in [0.15, 0.2) is 0 Å². The molecule has 1 aromatic rings. The van der Waals surface area contributed by atoms with Crippen LogP contribution in [0.1, 0.15) is 13.3 Å². The number of allylic oxidation sites excluding steroid dienone is 1. The summed E-state index contributed by atoms with van der Waals surface area (Å²) in [5.74, 6) is 0.809. The van der Waals surface area contributed by atoms with Gasteiger partial charge in [-0.05, 0) is 19.4 Å². The van der Waals surface area contributed by atoms with Crippen molar-refractivity contribution >= 4 is 5.95 Å². The van der Waals surface area contributed by atoms with E-state index in [0.29, 0.717) is 0 Å². The maximum atomic E-state index is 4.19. The van der Waals surface area contributed by atoms with Crippen molar-refractivity contribution in [1.29, 1.82) is 0 Å². The van der Waals surface area contributed by atoms with Gasteiger partial charge in [0, 0.05) is 24.6 Å². The number of aromatic nitrogens is 2. The van der Waals surface area contributed by atoms with Crippen molar-refractivity contribution in [2.45, 2.75) is 13.3 Å². The fourth-order valence-electron chi connectivity index (χ4n) is 1.38. The molecule has 2 heterocycles. The minimum absolute atomic E-state index is 0.809. The second-order valence-corrected chi connectivity index (χ2v) is 2.83. The van der Waals surface area contributed by atoms with E-state index in [1.165, 1.54) is 5.70 Å². The molecule has 0 unspecified atom stereocenters. The molecule has 0 fully saturated rings. The summed E-state index contributed by atoms with van der Waals surface area (Å²) in [6.07, 6.45) is 6.85. The van der Waals surface area contributed by atoms with Crippen molar-refractivity contribution in [3.05, 3.63) is 30.2 Å². The summed E-state index contributed by atoms with van der Waals surface area (Å²) in [5.41, 5.74) is 1.25. The van der Waals surface area contributed by atoms with Crippen LogP contribution in [0.5, 0.6) is 0 Å². The lowest BCUT2D eigenvalue weighted by Crippen LogP contribution is -2.19. The summed E-state index contributed by atoms with van der Waals surface area (Å²) in [5, 5.41) is 0. The third-order valence-corrected chi connectivity index (χ3v) is 2.01. The van der Waals surface area contributed by atoms with Gasteiger partial charge in [0.1, 0.15) is 0 Å². The first kappa shape index (κ1) is 7.28. The van der Waals surface area contributed by atoms with Crippen LogP contribution in [0.2, 0.25) is 0 Å². The third-order valence-electron chi connectivity index (χ3n) is 2.01. The van der Waals surface area contributed by atoms with Gasteiger partial charge in [-0.1, -0.05) is 6.08 Å². The third kappa shape index (κ3) is 1.18. The molecule has 62 valence electrons. The van der Waals surface area contributed by atoms with Gasteiger partial charge in [0.25, 0.3) is 0 Å². The highest BCUT2D eigenvalue weighted by atomic mass is 15.3. The zero-order valence-corrected chi connectivity index (χ0v) is 7.07. The Labute approximate surface area is 71.8 Å². The molecular weight excluding hydrogens is 150 g/mol. The number of rotatable bonds is 1. The largest absolute Gasteiger partial charge is 0.315 e. The highest BCUT2D eigenvalue weighted by molar-refractivity contribution is 5.41. The predicted octanol–water partition coefficient (Wildman–Crippen LogP) is 1.59. The molecule has 0 saturated carbocycles. The standard InChI is InChI=1S/C9H11N3/c1-8-4-2-7-12(8)9-10-5-3-6-11-9/h3-6H,2,7H2,1H3. The zero-order valence-electron chi connectivity index (χ0n) is 7.07. The average Bonchev–Trinajstić information content (AvgIpc) is 2.53. The molecule has 0 aliphatic carbocycles. The van der Waals surface area contributed by atoms with Crippen molar-refractivity contribution in [3.63, 3.8) is 0 Å². The fraction of sp³-hybridized carbons (Fsp3) is 0.333.